The van der Waals surface area contributed by atoms with Gasteiger partial charge in [0.1, 0.15) is 0 Å². The van der Waals surface area contributed by atoms with Gasteiger partial charge in [-0.3, -0.25) is 14.8 Å². The summed E-state index contributed by atoms with van der Waals surface area (Å²) < 4.78 is 10.9. The second-order valence-electron chi connectivity index (χ2n) is 6.64. The highest BCUT2D eigenvalue weighted by atomic mass is 127. The standard InChI is InChI=1S/C18H31N5O2S.HI/c19-18(20-4-2-5-22-6-10-24-11-7-22)21-15-16(17-3-1-14-26-17)23-8-12-25-13-9-23;/h1,3,14,16H,2,4-13,15H2,(H3,19,20,21);1H. The Morgan fingerprint density at radius 1 is 1.19 bits per heavy atom. The summed E-state index contributed by atoms with van der Waals surface area (Å²) in [5.41, 5.74) is 6.09. The Hall–Kier alpha value is -0.460. The van der Waals surface area contributed by atoms with Crippen molar-refractivity contribution >= 4 is 41.3 Å². The maximum Gasteiger partial charge on any atom is 0.188 e. The molecule has 0 spiro atoms. The van der Waals surface area contributed by atoms with Crippen LogP contribution in [0.2, 0.25) is 0 Å². The first-order valence-corrected chi connectivity index (χ1v) is 10.4. The predicted octanol–water partition coefficient (Wildman–Crippen LogP) is 1.37. The number of morpholine rings is 2. The number of rotatable bonds is 8. The Morgan fingerprint density at radius 2 is 1.89 bits per heavy atom. The third-order valence-corrected chi connectivity index (χ3v) is 5.83. The molecule has 2 aliphatic heterocycles. The van der Waals surface area contributed by atoms with Gasteiger partial charge in [-0.15, -0.1) is 35.3 Å². The summed E-state index contributed by atoms with van der Waals surface area (Å²) in [4.78, 5) is 10.8. The molecule has 1 aromatic heterocycles. The lowest BCUT2D eigenvalue weighted by Crippen LogP contribution is -2.41. The van der Waals surface area contributed by atoms with E-state index in [1.165, 1.54) is 4.88 Å². The van der Waals surface area contributed by atoms with Crippen LogP contribution in [0.3, 0.4) is 0 Å². The molecule has 0 radical (unpaired) electrons. The fourth-order valence-corrected chi connectivity index (χ4v) is 4.19. The van der Waals surface area contributed by atoms with E-state index >= 15 is 0 Å². The number of guanidine groups is 1. The number of nitrogens with two attached hydrogens (primary N) is 1. The van der Waals surface area contributed by atoms with E-state index in [9.17, 15) is 0 Å². The molecular formula is C18H32IN5O2S. The van der Waals surface area contributed by atoms with Crippen LogP contribution in [0.5, 0.6) is 0 Å². The number of hydrogen-bond acceptors (Lipinski definition) is 6. The third-order valence-electron chi connectivity index (χ3n) is 4.85. The molecule has 2 saturated heterocycles. The molecule has 7 nitrogen and oxygen atoms in total. The predicted molar refractivity (Wildman–Crippen MR) is 121 cm³/mol. The van der Waals surface area contributed by atoms with Gasteiger partial charge in [0.25, 0.3) is 0 Å². The fourth-order valence-electron chi connectivity index (χ4n) is 3.34. The summed E-state index contributed by atoms with van der Waals surface area (Å²) in [5, 5.41) is 5.38. The average Bonchev–Trinajstić information content (AvgIpc) is 3.22. The molecule has 154 valence electrons. The quantitative estimate of drug-likeness (QED) is 0.239. The molecule has 27 heavy (non-hydrogen) atoms. The zero-order valence-electron chi connectivity index (χ0n) is 15.8. The van der Waals surface area contributed by atoms with Gasteiger partial charge in [-0.25, -0.2) is 0 Å². The Labute approximate surface area is 183 Å². The van der Waals surface area contributed by atoms with Gasteiger partial charge in [0, 0.05) is 37.6 Å². The van der Waals surface area contributed by atoms with Crippen molar-refractivity contribution in [2.75, 3.05) is 72.2 Å². The third kappa shape index (κ3) is 7.82. The van der Waals surface area contributed by atoms with Crippen molar-refractivity contribution < 1.29 is 9.47 Å². The second kappa shape index (κ2) is 12.9. The lowest BCUT2D eigenvalue weighted by Gasteiger charge is -2.33. The molecule has 0 aromatic carbocycles. The smallest absolute Gasteiger partial charge is 0.188 e. The summed E-state index contributed by atoms with van der Waals surface area (Å²) >= 11 is 1.78. The molecule has 1 aromatic rings. The molecule has 3 rings (SSSR count). The lowest BCUT2D eigenvalue weighted by molar-refractivity contribution is 0.0187. The highest BCUT2D eigenvalue weighted by Crippen LogP contribution is 2.26. The van der Waals surface area contributed by atoms with Crippen LogP contribution in [0, 0.1) is 0 Å². The minimum Gasteiger partial charge on any atom is -0.379 e. The molecule has 3 heterocycles. The van der Waals surface area contributed by atoms with Crippen LogP contribution in [0.1, 0.15) is 17.3 Å². The minimum absolute atomic E-state index is 0. The number of aliphatic imine (C=N–C) groups is 1. The van der Waals surface area contributed by atoms with Crippen molar-refractivity contribution in [1.82, 2.24) is 15.1 Å². The SMILES string of the molecule is I.NC(=NCC(c1cccs1)N1CCOCC1)NCCCN1CCOCC1. The van der Waals surface area contributed by atoms with E-state index in [1.807, 2.05) is 0 Å². The largest absolute Gasteiger partial charge is 0.379 e. The van der Waals surface area contributed by atoms with E-state index in [0.29, 0.717) is 12.5 Å². The molecule has 0 bridgehead atoms. The lowest BCUT2D eigenvalue weighted by atomic mass is 10.2. The average molecular weight is 509 g/mol. The van der Waals surface area contributed by atoms with E-state index in [4.69, 9.17) is 15.2 Å². The molecule has 2 aliphatic rings. The number of ether oxygens (including phenoxy) is 2. The van der Waals surface area contributed by atoms with Crippen LogP contribution >= 0.6 is 35.3 Å². The van der Waals surface area contributed by atoms with Crippen LogP contribution in [0.25, 0.3) is 0 Å². The van der Waals surface area contributed by atoms with Crippen molar-refractivity contribution in [1.29, 1.82) is 0 Å². The van der Waals surface area contributed by atoms with Gasteiger partial charge in [0.15, 0.2) is 5.96 Å². The Balaban J connectivity index is 0.00000261. The zero-order valence-corrected chi connectivity index (χ0v) is 19.0. The number of halogens is 1. The van der Waals surface area contributed by atoms with E-state index in [-0.39, 0.29) is 30.0 Å². The van der Waals surface area contributed by atoms with Gasteiger partial charge in [-0.05, 0) is 24.4 Å². The van der Waals surface area contributed by atoms with Crippen molar-refractivity contribution in [2.45, 2.75) is 12.5 Å². The highest BCUT2D eigenvalue weighted by molar-refractivity contribution is 14.0. The van der Waals surface area contributed by atoms with Crippen molar-refractivity contribution in [3.8, 4) is 0 Å². The fraction of sp³-hybridized carbons (Fsp3) is 0.722. The first-order valence-electron chi connectivity index (χ1n) is 9.52. The van der Waals surface area contributed by atoms with Gasteiger partial charge in [0.05, 0.1) is 39.0 Å². The first-order chi connectivity index (χ1) is 12.8. The molecule has 0 amide bonds. The normalized spacial score (nSPS) is 20.8. The summed E-state index contributed by atoms with van der Waals surface area (Å²) in [5.74, 6) is 0.543. The minimum atomic E-state index is 0. The van der Waals surface area contributed by atoms with Gasteiger partial charge in [0.2, 0.25) is 0 Å². The van der Waals surface area contributed by atoms with Gasteiger partial charge in [-0.2, -0.15) is 0 Å². The molecule has 3 N–H and O–H groups in total. The highest BCUT2D eigenvalue weighted by Gasteiger charge is 2.23. The summed E-state index contributed by atoms with van der Waals surface area (Å²) in [6, 6.07) is 4.57. The summed E-state index contributed by atoms with van der Waals surface area (Å²) in [6.07, 6.45) is 1.06. The van der Waals surface area contributed by atoms with Crippen LogP contribution in [-0.4, -0.2) is 88.0 Å². The molecule has 2 fully saturated rings. The van der Waals surface area contributed by atoms with Gasteiger partial charge >= 0.3 is 0 Å². The number of thiophene rings is 1. The molecule has 1 unspecified atom stereocenters. The molecule has 0 aliphatic carbocycles. The van der Waals surface area contributed by atoms with E-state index in [2.05, 4.69) is 37.6 Å². The Bertz CT molecular complexity index is 534. The summed E-state index contributed by atoms with van der Waals surface area (Å²) in [6.45, 7) is 9.87. The van der Waals surface area contributed by atoms with Crippen LogP contribution in [0.4, 0.5) is 0 Å². The number of nitrogens with zero attached hydrogens (tertiary/aromatic N) is 3. The number of hydrogen-bond donors (Lipinski definition) is 2. The summed E-state index contributed by atoms with van der Waals surface area (Å²) in [7, 11) is 0. The van der Waals surface area contributed by atoms with Gasteiger partial charge in [-0.1, -0.05) is 6.07 Å². The molecule has 9 heteroatoms. The molecule has 0 saturated carbocycles. The first kappa shape index (κ1) is 22.8. The van der Waals surface area contributed by atoms with E-state index in [1.54, 1.807) is 11.3 Å². The van der Waals surface area contributed by atoms with Crippen LogP contribution < -0.4 is 11.1 Å². The zero-order chi connectivity index (χ0) is 18.0. The van der Waals surface area contributed by atoms with Gasteiger partial charge < -0.3 is 20.5 Å². The van der Waals surface area contributed by atoms with Crippen molar-refractivity contribution in [3.05, 3.63) is 22.4 Å². The maximum absolute atomic E-state index is 6.09. The van der Waals surface area contributed by atoms with Crippen molar-refractivity contribution in [3.63, 3.8) is 0 Å². The Morgan fingerprint density at radius 3 is 2.56 bits per heavy atom. The number of nitrogens with one attached hydrogen (secondary N) is 1. The second-order valence-corrected chi connectivity index (χ2v) is 7.62. The van der Waals surface area contributed by atoms with Crippen molar-refractivity contribution in [2.24, 2.45) is 10.7 Å². The van der Waals surface area contributed by atoms with E-state index in [0.717, 1.165) is 72.1 Å². The Kier molecular flexibility index (Phi) is 10.9. The molecular weight excluding hydrogens is 477 g/mol. The van der Waals surface area contributed by atoms with Crippen LogP contribution in [0.15, 0.2) is 22.5 Å². The topological polar surface area (TPSA) is 75.3 Å². The van der Waals surface area contributed by atoms with Crippen LogP contribution in [-0.2, 0) is 9.47 Å². The van der Waals surface area contributed by atoms with E-state index < -0.39 is 0 Å². The molecule has 1 atom stereocenters. The maximum atomic E-state index is 6.09. The monoisotopic (exact) mass is 509 g/mol.